The normalized spacial score (nSPS) is 26.2. The van der Waals surface area contributed by atoms with Crippen molar-refractivity contribution in [2.75, 3.05) is 0 Å². The Hall–Kier alpha value is -1.19. The molecule has 4 heteroatoms. The molecule has 14 heavy (non-hydrogen) atoms. The quantitative estimate of drug-likeness (QED) is 0.742. The first kappa shape index (κ1) is 9.37. The molecule has 1 fully saturated rings. The topological polar surface area (TPSA) is 20.2 Å². The van der Waals surface area contributed by atoms with Crippen LogP contribution in [-0.4, -0.2) is 11.3 Å². The van der Waals surface area contributed by atoms with Crippen LogP contribution in [0.15, 0.2) is 24.3 Å². The molecule has 0 bridgehead atoms. The largest absolute Gasteiger partial charge is 0.508 e. The first-order valence-electron chi connectivity index (χ1n) is 4.34. The molecule has 2 atom stereocenters. The summed E-state index contributed by atoms with van der Waals surface area (Å²) >= 11 is 0. The summed E-state index contributed by atoms with van der Waals surface area (Å²) in [6.45, 7) is 0. The van der Waals surface area contributed by atoms with Gasteiger partial charge < -0.3 is 5.11 Å². The van der Waals surface area contributed by atoms with Crippen LogP contribution >= 0.6 is 0 Å². The van der Waals surface area contributed by atoms with Gasteiger partial charge in [-0.1, -0.05) is 12.1 Å². The van der Waals surface area contributed by atoms with Gasteiger partial charge in [0.15, 0.2) is 0 Å². The highest BCUT2D eigenvalue weighted by atomic mass is 19.4. The van der Waals surface area contributed by atoms with Crippen LogP contribution in [-0.2, 0) is 0 Å². The van der Waals surface area contributed by atoms with Crippen molar-refractivity contribution >= 4 is 0 Å². The fraction of sp³-hybridized carbons (Fsp3) is 0.400. The van der Waals surface area contributed by atoms with E-state index in [1.807, 2.05) is 0 Å². The van der Waals surface area contributed by atoms with Crippen LogP contribution < -0.4 is 0 Å². The van der Waals surface area contributed by atoms with E-state index >= 15 is 0 Å². The van der Waals surface area contributed by atoms with Crippen LogP contribution in [0.2, 0.25) is 0 Å². The van der Waals surface area contributed by atoms with Crippen molar-refractivity contribution in [2.24, 2.45) is 5.92 Å². The van der Waals surface area contributed by atoms with Crippen LogP contribution in [0.1, 0.15) is 17.9 Å². The molecule has 0 spiro atoms. The lowest BCUT2D eigenvalue weighted by Crippen LogP contribution is -2.11. The highest BCUT2D eigenvalue weighted by molar-refractivity contribution is 5.32. The molecule has 0 saturated heterocycles. The first-order chi connectivity index (χ1) is 6.48. The van der Waals surface area contributed by atoms with Gasteiger partial charge in [0, 0.05) is 0 Å². The average molecular weight is 202 g/mol. The highest BCUT2D eigenvalue weighted by Crippen LogP contribution is 2.56. The molecule has 0 unspecified atom stereocenters. The number of rotatable bonds is 1. The summed E-state index contributed by atoms with van der Waals surface area (Å²) in [5.41, 5.74) is 0.658. The van der Waals surface area contributed by atoms with Gasteiger partial charge in [0.1, 0.15) is 5.75 Å². The van der Waals surface area contributed by atoms with Crippen LogP contribution in [0.4, 0.5) is 13.2 Å². The van der Waals surface area contributed by atoms with E-state index in [0.29, 0.717) is 5.56 Å². The van der Waals surface area contributed by atoms with Crippen molar-refractivity contribution in [3.63, 3.8) is 0 Å². The number of hydrogen-bond acceptors (Lipinski definition) is 1. The van der Waals surface area contributed by atoms with Gasteiger partial charge in [0.05, 0.1) is 5.92 Å². The fourth-order valence-electron chi connectivity index (χ4n) is 1.65. The second-order valence-electron chi connectivity index (χ2n) is 3.58. The molecule has 0 aliphatic heterocycles. The van der Waals surface area contributed by atoms with Crippen molar-refractivity contribution in [3.8, 4) is 5.75 Å². The third-order valence-corrected chi connectivity index (χ3v) is 2.53. The Balaban J connectivity index is 2.10. The van der Waals surface area contributed by atoms with E-state index in [1.165, 1.54) is 12.1 Å². The van der Waals surface area contributed by atoms with Gasteiger partial charge in [-0.25, -0.2) is 0 Å². The second-order valence-corrected chi connectivity index (χ2v) is 3.58. The zero-order valence-electron chi connectivity index (χ0n) is 7.25. The number of aromatic hydroxyl groups is 1. The zero-order chi connectivity index (χ0) is 10.3. The van der Waals surface area contributed by atoms with Crippen LogP contribution in [0.25, 0.3) is 0 Å². The maximum absolute atomic E-state index is 12.2. The average Bonchev–Trinajstić information content (AvgIpc) is 2.83. The van der Waals surface area contributed by atoms with E-state index in [1.54, 1.807) is 12.1 Å². The standard InChI is InChI=1S/C10H9F3O/c11-10(12,13)9-5-8(9)6-1-3-7(14)4-2-6/h1-4,8-9,14H,5H2/t8-,9+/m0/s1. The molecule has 0 aromatic heterocycles. The molecular weight excluding hydrogens is 193 g/mol. The van der Waals surface area contributed by atoms with E-state index in [2.05, 4.69) is 0 Å². The summed E-state index contributed by atoms with van der Waals surface area (Å²) in [5, 5.41) is 8.96. The summed E-state index contributed by atoms with van der Waals surface area (Å²) in [5.74, 6) is -1.51. The number of hydrogen-bond donors (Lipinski definition) is 1. The van der Waals surface area contributed by atoms with E-state index in [9.17, 15) is 13.2 Å². The van der Waals surface area contributed by atoms with Gasteiger partial charge in [-0.05, 0) is 30.0 Å². The molecular formula is C10H9F3O. The lowest BCUT2D eigenvalue weighted by molar-refractivity contribution is -0.148. The number of benzene rings is 1. The van der Waals surface area contributed by atoms with Gasteiger partial charge in [-0.2, -0.15) is 13.2 Å². The summed E-state index contributed by atoms with van der Waals surface area (Å²) in [6.07, 6.45) is -3.91. The smallest absolute Gasteiger partial charge is 0.392 e. The van der Waals surface area contributed by atoms with Gasteiger partial charge in [0.25, 0.3) is 0 Å². The number of alkyl halides is 3. The van der Waals surface area contributed by atoms with Crippen molar-refractivity contribution < 1.29 is 18.3 Å². The zero-order valence-corrected chi connectivity index (χ0v) is 7.25. The third-order valence-electron chi connectivity index (χ3n) is 2.53. The second kappa shape index (κ2) is 2.90. The summed E-state index contributed by atoms with van der Waals surface area (Å²) in [4.78, 5) is 0. The minimum Gasteiger partial charge on any atom is -0.508 e. The molecule has 1 saturated carbocycles. The van der Waals surface area contributed by atoms with Crippen molar-refractivity contribution in [1.82, 2.24) is 0 Å². The van der Waals surface area contributed by atoms with Crippen LogP contribution in [0.5, 0.6) is 5.75 Å². The number of phenolic OH excluding ortho intramolecular Hbond substituents is 1. The SMILES string of the molecule is Oc1ccc([C@@H]2C[C@H]2C(F)(F)F)cc1. The lowest BCUT2D eigenvalue weighted by Gasteiger charge is -2.05. The Morgan fingerprint density at radius 3 is 2.14 bits per heavy atom. The minimum absolute atomic E-state index is 0.0814. The summed E-state index contributed by atoms with van der Waals surface area (Å²) in [7, 11) is 0. The molecule has 0 amide bonds. The maximum Gasteiger partial charge on any atom is 0.392 e. The predicted octanol–water partition coefficient (Wildman–Crippen LogP) is 3.06. The Morgan fingerprint density at radius 2 is 1.71 bits per heavy atom. The molecule has 0 radical (unpaired) electrons. The van der Waals surface area contributed by atoms with Gasteiger partial charge in [0.2, 0.25) is 0 Å². The van der Waals surface area contributed by atoms with Gasteiger partial charge in [-0.3, -0.25) is 0 Å². The van der Waals surface area contributed by atoms with Crippen molar-refractivity contribution in [1.29, 1.82) is 0 Å². The van der Waals surface area contributed by atoms with Crippen LogP contribution in [0.3, 0.4) is 0 Å². The molecule has 2 rings (SSSR count). The molecule has 1 aromatic rings. The Morgan fingerprint density at radius 1 is 1.14 bits per heavy atom. The van der Waals surface area contributed by atoms with E-state index in [-0.39, 0.29) is 12.2 Å². The monoisotopic (exact) mass is 202 g/mol. The van der Waals surface area contributed by atoms with Crippen molar-refractivity contribution in [2.45, 2.75) is 18.5 Å². The number of halogens is 3. The molecule has 0 heterocycles. The molecule has 76 valence electrons. The summed E-state index contributed by atoms with van der Waals surface area (Å²) < 4.78 is 36.6. The Bertz CT molecular complexity index is 328. The third kappa shape index (κ3) is 1.69. The van der Waals surface area contributed by atoms with E-state index in [0.717, 1.165) is 0 Å². The molecule has 1 aliphatic rings. The lowest BCUT2D eigenvalue weighted by atomic mass is 10.1. The fourth-order valence-corrected chi connectivity index (χ4v) is 1.65. The van der Waals surface area contributed by atoms with E-state index in [4.69, 9.17) is 5.11 Å². The maximum atomic E-state index is 12.2. The predicted molar refractivity (Wildman–Crippen MR) is 45.0 cm³/mol. The summed E-state index contributed by atoms with van der Waals surface area (Å²) in [6, 6.07) is 5.93. The molecule has 1 aliphatic carbocycles. The molecule has 1 aromatic carbocycles. The molecule has 1 N–H and O–H groups in total. The van der Waals surface area contributed by atoms with Gasteiger partial charge >= 0.3 is 6.18 Å². The number of phenols is 1. The highest BCUT2D eigenvalue weighted by Gasteiger charge is 2.55. The Labute approximate surface area is 79.2 Å². The Kier molecular flexibility index (Phi) is 1.94. The molecule has 1 nitrogen and oxygen atoms in total. The van der Waals surface area contributed by atoms with Gasteiger partial charge in [-0.15, -0.1) is 0 Å². The van der Waals surface area contributed by atoms with Crippen molar-refractivity contribution in [3.05, 3.63) is 29.8 Å². The van der Waals surface area contributed by atoms with E-state index < -0.39 is 18.0 Å². The minimum atomic E-state index is -4.08. The first-order valence-corrected chi connectivity index (χ1v) is 4.34. The van der Waals surface area contributed by atoms with Crippen LogP contribution in [0, 0.1) is 5.92 Å².